The van der Waals surface area contributed by atoms with Gasteiger partial charge in [-0.2, -0.15) is 0 Å². The molecule has 0 N–H and O–H groups in total. The molecule has 2 rings (SSSR count). The third-order valence-electron chi connectivity index (χ3n) is 1.95. The number of carbonyl (C=O) groups excluding carboxylic acids is 1. The van der Waals surface area contributed by atoms with E-state index in [1.807, 2.05) is 6.92 Å². The normalized spacial score (nSPS) is 10.5. The maximum absolute atomic E-state index is 11.3. The molecule has 0 aliphatic rings. The minimum absolute atomic E-state index is 0.107. The van der Waals surface area contributed by atoms with E-state index in [2.05, 4.69) is 4.98 Å². The fourth-order valence-corrected chi connectivity index (χ4v) is 1.22. The quantitative estimate of drug-likeness (QED) is 0.658. The molecule has 0 aromatic carbocycles. The molecule has 0 amide bonds. The summed E-state index contributed by atoms with van der Waals surface area (Å²) >= 11 is 0. The Balaban J connectivity index is 2.54. The molecule has 0 saturated carbocycles. The summed E-state index contributed by atoms with van der Waals surface area (Å²) in [5, 5.41) is 0.874. The number of furan rings is 1. The van der Waals surface area contributed by atoms with Crippen molar-refractivity contribution in [2.75, 3.05) is 0 Å². The van der Waals surface area contributed by atoms with E-state index >= 15 is 0 Å². The maximum Gasteiger partial charge on any atom is 0.225 e. The first-order valence-corrected chi connectivity index (χ1v) is 4.17. The SMILES string of the molecule is CCC(=O)c1cnc2occc2c1. The van der Waals surface area contributed by atoms with Gasteiger partial charge in [0.15, 0.2) is 5.78 Å². The first kappa shape index (κ1) is 7.98. The number of ketones is 1. The highest BCUT2D eigenvalue weighted by Crippen LogP contribution is 2.14. The summed E-state index contributed by atoms with van der Waals surface area (Å²) in [6.45, 7) is 1.84. The first-order valence-electron chi connectivity index (χ1n) is 4.17. The van der Waals surface area contributed by atoms with Gasteiger partial charge in [-0.3, -0.25) is 4.79 Å². The van der Waals surface area contributed by atoms with Crippen LogP contribution in [0.3, 0.4) is 0 Å². The average Bonchev–Trinajstić information content (AvgIpc) is 2.63. The number of hydrogen-bond acceptors (Lipinski definition) is 3. The molecule has 3 nitrogen and oxygen atoms in total. The van der Waals surface area contributed by atoms with E-state index in [9.17, 15) is 4.79 Å². The van der Waals surface area contributed by atoms with Crippen LogP contribution in [0.15, 0.2) is 29.0 Å². The van der Waals surface area contributed by atoms with Crippen LogP contribution >= 0.6 is 0 Å². The zero-order chi connectivity index (χ0) is 9.26. The molecular formula is C10H9NO2. The molecule has 0 aliphatic carbocycles. The highest BCUT2D eigenvalue weighted by Gasteiger charge is 2.05. The summed E-state index contributed by atoms with van der Waals surface area (Å²) in [6.07, 6.45) is 3.63. The molecule has 0 radical (unpaired) electrons. The molecule has 0 saturated heterocycles. The second kappa shape index (κ2) is 3.01. The predicted octanol–water partition coefficient (Wildman–Crippen LogP) is 2.42. The van der Waals surface area contributed by atoms with E-state index in [1.54, 1.807) is 24.6 Å². The predicted molar refractivity (Wildman–Crippen MR) is 48.6 cm³/mol. The lowest BCUT2D eigenvalue weighted by Gasteiger charge is -1.95. The van der Waals surface area contributed by atoms with Crippen molar-refractivity contribution in [1.82, 2.24) is 4.98 Å². The smallest absolute Gasteiger partial charge is 0.225 e. The Morgan fingerprint density at radius 2 is 2.46 bits per heavy atom. The van der Waals surface area contributed by atoms with Gasteiger partial charge in [0.1, 0.15) is 0 Å². The molecule has 0 fully saturated rings. The van der Waals surface area contributed by atoms with Crippen molar-refractivity contribution in [3.8, 4) is 0 Å². The minimum atomic E-state index is 0.107. The second-order valence-corrected chi connectivity index (χ2v) is 2.82. The zero-order valence-corrected chi connectivity index (χ0v) is 7.28. The van der Waals surface area contributed by atoms with Gasteiger partial charge in [-0.25, -0.2) is 4.98 Å². The van der Waals surface area contributed by atoms with Crippen molar-refractivity contribution < 1.29 is 9.21 Å². The largest absolute Gasteiger partial charge is 0.446 e. The molecular weight excluding hydrogens is 166 g/mol. The Kier molecular flexibility index (Phi) is 1.85. The average molecular weight is 175 g/mol. The summed E-state index contributed by atoms with van der Waals surface area (Å²) in [6, 6.07) is 3.60. The highest BCUT2D eigenvalue weighted by molar-refractivity contribution is 5.98. The molecule has 0 bridgehead atoms. The highest BCUT2D eigenvalue weighted by atomic mass is 16.3. The number of Topliss-reactive ketones (excluding diaryl/α,β-unsaturated/α-hetero) is 1. The van der Waals surface area contributed by atoms with Crippen LogP contribution in [-0.2, 0) is 0 Å². The Hall–Kier alpha value is -1.64. The van der Waals surface area contributed by atoms with Crippen molar-refractivity contribution in [2.24, 2.45) is 0 Å². The number of nitrogens with zero attached hydrogens (tertiary/aromatic N) is 1. The Bertz CT molecular complexity index is 445. The summed E-state index contributed by atoms with van der Waals surface area (Å²) in [4.78, 5) is 15.3. The number of fused-ring (bicyclic) bond motifs is 1. The lowest BCUT2D eigenvalue weighted by molar-refractivity contribution is 0.0988. The van der Waals surface area contributed by atoms with Crippen LogP contribution in [0.1, 0.15) is 23.7 Å². The van der Waals surface area contributed by atoms with Crippen molar-refractivity contribution in [3.63, 3.8) is 0 Å². The summed E-state index contributed by atoms with van der Waals surface area (Å²) in [5.74, 6) is 0.107. The molecule has 2 aromatic heterocycles. The number of hydrogen-bond donors (Lipinski definition) is 0. The van der Waals surface area contributed by atoms with Gasteiger partial charge in [0, 0.05) is 23.6 Å². The molecule has 0 unspecified atom stereocenters. The van der Waals surface area contributed by atoms with Gasteiger partial charge in [-0.15, -0.1) is 0 Å². The first-order chi connectivity index (χ1) is 6.31. The van der Waals surface area contributed by atoms with Gasteiger partial charge >= 0.3 is 0 Å². The molecule has 0 atom stereocenters. The fraction of sp³-hybridized carbons (Fsp3) is 0.200. The molecule has 2 aromatic rings. The summed E-state index contributed by atoms with van der Waals surface area (Å²) < 4.78 is 5.06. The monoisotopic (exact) mass is 175 g/mol. The van der Waals surface area contributed by atoms with E-state index in [0.29, 0.717) is 17.7 Å². The van der Waals surface area contributed by atoms with Crippen molar-refractivity contribution in [1.29, 1.82) is 0 Å². The third-order valence-corrected chi connectivity index (χ3v) is 1.95. The lowest BCUT2D eigenvalue weighted by Crippen LogP contribution is -1.96. The number of rotatable bonds is 2. The van der Waals surface area contributed by atoms with Crippen LogP contribution in [0.5, 0.6) is 0 Å². The van der Waals surface area contributed by atoms with Crippen molar-refractivity contribution in [3.05, 3.63) is 30.2 Å². The van der Waals surface area contributed by atoms with Crippen LogP contribution in [-0.4, -0.2) is 10.8 Å². The van der Waals surface area contributed by atoms with Crippen LogP contribution in [0, 0.1) is 0 Å². The lowest BCUT2D eigenvalue weighted by atomic mass is 10.1. The van der Waals surface area contributed by atoms with Crippen molar-refractivity contribution in [2.45, 2.75) is 13.3 Å². The van der Waals surface area contributed by atoms with E-state index in [-0.39, 0.29) is 5.78 Å². The van der Waals surface area contributed by atoms with Crippen LogP contribution in [0.2, 0.25) is 0 Å². The molecule has 2 heterocycles. The van der Waals surface area contributed by atoms with Gasteiger partial charge in [0.05, 0.1) is 6.26 Å². The van der Waals surface area contributed by atoms with Gasteiger partial charge in [-0.05, 0) is 12.1 Å². The number of aromatic nitrogens is 1. The van der Waals surface area contributed by atoms with Crippen LogP contribution in [0.4, 0.5) is 0 Å². The van der Waals surface area contributed by atoms with Gasteiger partial charge in [0.25, 0.3) is 0 Å². The summed E-state index contributed by atoms with van der Waals surface area (Å²) in [5.41, 5.74) is 1.23. The molecule has 0 aliphatic heterocycles. The topological polar surface area (TPSA) is 43.1 Å². The van der Waals surface area contributed by atoms with E-state index in [0.717, 1.165) is 5.39 Å². The second-order valence-electron chi connectivity index (χ2n) is 2.82. The Labute approximate surface area is 75.4 Å². The Morgan fingerprint density at radius 3 is 3.23 bits per heavy atom. The molecule has 3 heteroatoms. The number of pyridine rings is 1. The molecule has 0 spiro atoms. The summed E-state index contributed by atoms with van der Waals surface area (Å²) in [7, 11) is 0. The number of carbonyl (C=O) groups is 1. The molecule has 66 valence electrons. The van der Waals surface area contributed by atoms with Gasteiger partial charge in [-0.1, -0.05) is 6.92 Å². The minimum Gasteiger partial charge on any atom is -0.446 e. The van der Waals surface area contributed by atoms with Gasteiger partial charge in [0.2, 0.25) is 5.71 Å². The standard InChI is InChI=1S/C10H9NO2/c1-2-9(12)8-5-7-3-4-13-10(7)11-6-8/h3-6H,2H2,1H3. The van der Waals surface area contributed by atoms with E-state index in [1.165, 1.54) is 0 Å². The Morgan fingerprint density at radius 1 is 1.62 bits per heavy atom. The van der Waals surface area contributed by atoms with Crippen LogP contribution in [0.25, 0.3) is 11.1 Å². The van der Waals surface area contributed by atoms with Gasteiger partial charge < -0.3 is 4.42 Å². The third kappa shape index (κ3) is 1.33. The van der Waals surface area contributed by atoms with E-state index in [4.69, 9.17) is 4.42 Å². The van der Waals surface area contributed by atoms with Crippen LogP contribution < -0.4 is 0 Å². The maximum atomic E-state index is 11.3. The molecule has 13 heavy (non-hydrogen) atoms. The zero-order valence-electron chi connectivity index (χ0n) is 7.28. The fourth-order valence-electron chi connectivity index (χ4n) is 1.22. The van der Waals surface area contributed by atoms with Crippen molar-refractivity contribution >= 4 is 16.9 Å². The van der Waals surface area contributed by atoms with E-state index < -0.39 is 0 Å².